The second-order valence-electron chi connectivity index (χ2n) is 3.83. The van der Waals surface area contributed by atoms with E-state index in [-0.39, 0.29) is 18.9 Å². The number of carbonyl (C=O) groups is 1. The molecule has 0 bridgehead atoms. The van der Waals surface area contributed by atoms with E-state index in [0.717, 1.165) is 0 Å². The van der Waals surface area contributed by atoms with Gasteiger partial charge in [0.05, 0.1) is 17.3 Å². The van der Waals surface area contributed by atoms with E-state index in [1.807, 2.05) is 0 Å². The van der Waals surface area contributed by atoms with E-state index in [0.29, 0.717) is 16.2 Å². The summed E-state index contributed by atoms with van der Waals surface area (Å²) in [6.07, 6.45) is -0.640. The maximum absolute atomic E-state index is 11.8. The number of oxazole rings is 1. The number of hydrogen-bond acceptors (Lipinski definition) is 5. The van der Waals surface area contributed by atoms with Crippen LogP contribution in [-0.2, 0) is 16.2 Å². The summed E-state index contributed by atoms with van der Waals surface area (Å²) in [4.78, 5) is 23.2. The van der Waals surface area contributed by atoms with Crippen LogP contribution in [0.2, 0.25) is 5.02 Å². The van der Waals surface area contributed by atoms with Crippen LogP contribution in [0.15, 0.2) is 21.3 Å². The molecule has 0 fully saturated rings. The minimum absolute atomic E-state index is 0.00554. The predicted molar refractivity (Wildman–Crippen MR) is 73.1 cm³/mol. The van der Waals surface area contributed by atoms with Crippen molar-refractivity contribution in [2.75, 3.05) is 19.0 Å². The number of anilines is 1. The van der Waals surface area contributed by atoms with E-state index < -0.39 is 11.8 Å². The van der Waals surface area contributed by atoms with Gasteiger partial charge in [-0.3, -0.25) is 5.32 Å². The van der Waals surface area contributed by atoms with Gasteiger partial charge in [0.15, 0.2) is 5.58 Å². The molecular formula is C12H13ClN2O5. The average Bonchev–Trinajstić information content (AvgIpc) is 2.72. The fourth-order valence-electron chi connectivity index (χ4n) is 1.76. The van der Waals surface area contributed by atoms with Gasteiger partial charge in [-0.15, -0.1) is 0 Å². The molecular weight excluding hydrogens is 288 g/mol. The van der Waals surface area contributed by atoms with Gasteiger partial charge in [-0.25, -0.2) is 14.2 Å². The van der Waals surface area contributed by atoms with Gasteiger partial charge in [0.25, 0.3) is 0 Å². The Morgan fingerprint density at radius 1 is 1.50 bits per heavy atom. The Morgan fingerprint density at radius 2 is 2.25 bits per heavy atom. The van der Waals surface area contributed by atoms with E-state index >= 15 is 0 Å². The molecule has 1 amide bonds. The predicted octanol–water partition coefficient (Wildman–Crippen LogP) is 2.42. The third-order valence-electron chi connectivity index (χ3n) is 2.53. The Bertz CT molecular complexity index is 691. The standard InChI is InChI=1S/C12H13ClN2O5/c1-3-19-11(16)14-8-5-4-7(13)9-10(8)20-12(17)15(9)6-18-2/h4-5H,3,6H2,1-2H3,(H,14,16). The fraction of sp³-hybridized carbons (Fsp3) is 0.333. The minimum atomic E-state index is -0.640. The molecule has 0 radical (unpaired) electrons. The quantitative estimate of drug-likeness (QED) is 0.937. The molecule has 0 aliphatic carbocycles. The molecule has 20 heavy (non-hydrogen) atoms. The second-order valence-corrected chi connectivity index (χ2v) is 4.24. The summed E-state index contributed by atoms with van der Waals surface area (Å²) >= 11 is 6.06. The van der Waals surface area contributed by atoms with Crippen molar-refractivity contribution in [3.05, 3.63) is 27.7 Å². The molecule has 0 saturated heterocycles. The van der Waals surface area contributed by atoms with Crippen LogP contribution in [-0.4, -0.2) is 24.4 Å². The van der Waals surface area contributed by atoms with Crippen LogP contribution < -0.4 is 11.1 Å². The summed E-state index contributed by atoms with van der Waals surface area (Å²) in [6.45, 7) is 1.91. The lowest BCUT2D eigenvalue weighted by atomic mass is 10.3. The largest absolute Gasteiger partial charge is 0.450 e. The smallest absolute Gasteiger partial charge is 0.422 e. The second kappa shape index (κ2) is 5.98. The molecule has 1 aromatic carbocycles. The number of carbonyl (C=O) groups excluding carboxylic acids is 1. The molecule has 0 saturated carbocycles. The van der Waals surface area contributed by atoms with Crippen molar-refractivity contribution in [1.82, 2.24) is 4.57 Å². The SMILES string of the molecule is CCOC(=O)Nc1ccc(Cl)c2c1oc(=O)n2COC. The molecule has 7 nitrogen and oxygen atoms in total. The van der Waals surface area contributed by atoms with Crippen LogP contribution in [0.3, 0.4) is 0 Å². The van der Waals surface area contributed by atoms with Crippen LogP contribution in [0.1, 0.15) is 6.92 Å². The van der Waals surface area contributed by atoms with Crippen molar-refractivity contribution in [2.24, 2.45) is 0 Å². The van der Waals surface area contributed by atoms with Gasteiger partial charge >= 0.3 is 11.8 Å². The normalized spacial score (nSPS) is 10.8. The van der Waals surface area contributed by atoms with Gasteiger partial charge in [-0.1, -0.05) is 11.6 Å². The van der Waals surface area contributed by atoms with E-state index in [2.05, 4.69) is 5.32 Å². The maximum atomic E-state index is 11.8. The van der Waals surface area contributed by atoms with Crippen LogP contribution in [0, 0.1) is 0 Å². The van der Waals surface area contributed by atoms with Crippen LogP contribution in [0.5, 0.6) is 0 Å². The highest BCUT2D eigenvalue weighted by Gasteiger charge is 2.17. The summed E-state index contributed by atoms with van der Waals surface area (Å²) in [7, 11) is 1.44. The lowest BCUT2D eigenvalue weighted by Crippen LogP contribution is -2.15. The molecule has 0 atom stereocenters. The molecule has 2 rings (SSSR count). The highest BCUT2D eigenvalue weighted by molar-refractivity contribution is 6.35. The molecule has 0 spiro atoms. The zero-order valence-corrected chi connectivity index (χ0v) is 11.7. The summed E-state index contributed by atoms with van der Waals surface area (Å²) in [5.74, 6) is -0.623. The number of aromatic nitrogens is 1. The number of benzene rings is 1. The number of fused-ring (bicyclic) bond motifs is 1. The van der Waals surface area contributed by atoms with Gasteiger partial charge in [-0.2, -0.15) is 0 Å². The van der Waals surface area contributed by atoms with Crippen molar-refractivity contribution in [2.45, 2.75) is 13.7 Å². The van der Waals surface area contributed by atoms with E-state index in [1.165, 1.54) is 17.7 Å². The third-order valence-corrected chi connectivity index (χ3v) is 2.84. The van der Waals surface area contributed by atoms with Crippen LogP contribution in [0.25, 0.3) is 11.1 Å². The minimum Gasteiger partial charge on any atom is -0.450 e. The van der Waals surface area contributed by atoms with Gasteiger partial charge < -0.3 is 13.9 Å². The topological polar surface area (TPSA) is 82.7 Å². The molecule has 108 valence electrons. The maximum Gasteiger partial charge on any atom is 0.422 e. The Kier molecular flexibility index (Phi) is 4.31. The van der Waals surface area contributed by atoms with Crippen molar-refractivity contribution < 1.29 is 18.7 Å². The molecule has 1 aromatic heterocycles. The molecule has 0 unspecified atom stereocenters. The first-order chi connectivity index (χ1) is 9.58. The van der Waals surface area contributed by atoms with Crippen molar-refractivity contribution in [3.8, 4) is 0 Å². The highest BCUT2D eigenvalue weighted by atomic mass is 35.5. The lowest BCUT2D eigenvalue weighted by molar-refractivity contribution is 0.128. The molecule has 2 aromatic rings. The number of ether oxygens (including phenoxy) is 2. The lowest BCUT2D eigenvalue weighted by Gasteiger charge is -2.06. The van der Waals surface area contributed by atoms with Crippen molar-refractivity contribution in [3.63, 3.8) is 0 Å². The van der Waals surface area contributed by atoms with Crippen molar-refractivity contribution >= 4 is 34.5 Å². The molecule has 8 heteroatoms. The van der Waals surface area contributed by atoms with Crippen LogP contribution in [0.4, 0.5) is 10.5 Å². The third kappa shape index (κ3) is 2.63. The number of nitrogens with zero attached hydrogens (tertiary/aromatic N) is 1. The molecule has 0 aliphatic heterocycles. The van der Waals surface area contributed by atoms with E-state index in [1.54, 1.807) is 13.0 Å². The first-order valence-electron chi connectivity index (χ1n) is 5.83. The fourth-order valence-corrected chi connectivity index (χ4v) is 2.01. The molecule has 1 N–H and O–H groups in total. The number of methoxy groups -OCH3 is 1. The Hall–Kier alpha value is -1.99. The Morgan fingerprint density at radius 3 is 2.90 bits per heavy atom. The Labute approximate surface area is 119 Å². The first-order valence-corrected chi connectivity index (χ1v) is 6.20. The number of halogens is 1. The van der Waals surface area contributed by atoms with Gasteiger partial charge in [0.1, 0.15) is 12.2 Å². The summed E-state index contributed by atoms with van der Waals surface area (Å²) in [6, 6.07) is 3.08. The van der Waals surface area contributed by atoms with Gasteiger partial charge in [-0.05, 0) is 19.1 Å². The van der Waals surface area contributed by atoms with Gasteiger partial charge in [0, 0.05) is 7.11 Å². The summed E-state index contributed by atoms with van der Waals surface area (Å²) < 4.78 is 16.0. The molecule has 1 heterocycles. The number of hydrogen-bond donors (Lipinski definition) is 1. The van der Waals surface area contributed by atoms with Gasteiger partial charge in [0.2, 0.25) is 0 Å². The first kappa shape index (κ1) is 14.4. The number of rotatable bonds is 4. The van der Waals surface area contributed by atoms with E-state index in [4.69, 9.17) is 25.5 Å². The number of amides is 1. The molecule has 0 aliphatic rings. The monoisotopic (exact) mass is 300 g/mol. The summed E-state index contributed by atoms with van der Waals surface area (Å²) in [5, 5.41) is 2.81. The summed E-state index contributed by atoms with van der Waals surface area (Å²) in [5.41, 5.74) is 0.829. The number of nitrogens with one attached hydrogen (secondary N) is 1. The average molecular weight is 301 g/mol. The van der Waals surface area contributed by atoms with Crippen LogP contribution >= 0.6 is 11.6 Å². The zero-order valence-electron chi connectivity index (χ0n) is 10.9. The Balaban J connectivity index is 2.53. The van der Waals surface area contributed by atoms with Crippen molar-refractivity contribution in [1.29, 1.82) is 0 Å². The highest BCUT2D eigenvalue weighted by Crippen LogP contribution is 2.29. The van der Waals surface area contributed by atoms with E-state index in [9.17, 15) is 9.59 Å². The zero-order chi connectivity index (χ0) is 14.7.